The summed E-state index contributed by atoms with van der Waals surface area (Å²) < 4.78 is 5.56. The zero-order chi connectivity index (χ0) is 20.1. The molecule has 6 nitrogen and oxygen atoms in total. The molecule has 0 aliphatic carbocycles. The number of nitrogens with zero attached hydrogens (tertiary/aromatic N) is 2. The molecule has 0 saturated heterocycles. The third-order valence-corrected chi connectivity index (χ3v) is 4.77. The first-order valence-corrected chi connectivity index (χ1v) is 9.53. The Bertz CT molecular complexity index is 1010. The lowest BCUT2D eigenvalue weighted by molar-refractivity contribution is -0.121. The molecule has 2 heterocycles. The van der Waals surface area contributed by atoms with Crippen molar-refractivity contribution >= 4 is 23.2 Å². The van der Waals surface area contributed by atoms with Gasteiger partial charge in [0.15, 0.2) is 6.61 Å². The van der Waals surface area contributed by atoms with Gasteiger partial charge in [0.05, 0.1) is 11.3 Å². The van der Waals surface area contributed by atoms with Gasteiger partial charge >= 0.3 is 0 Å². The number of amides is 2. The summed E-state index contributed by atoms with van der Waals surface area (Å²) in [6, 6.07) is 18.9. The third-order valence-electron chi connectivity index (χ3n) is 4.77. The van der Waals surface area contributed by atoms with Crippen molar-refractivity contribution in [3.8, 4) is 5.75 Å². The van der Waals surface area contributed by atoms with Gasteiger partial charge in [0.1, 0.15) is 5.75 Å². The van der Waals surface area contributed by atoms with E-state index in [9.17, 15) is 9.59 Å². The number of fused-ring (bicyclic) bond motifs is 1. The van der Waals surface area contributed by atoms with Crippen LogP contribution in [0.4, 0.5) is 11.4 Å². The summed E-state index contributed by atoms with van der Waals surface area (Å²) in [6.07, 6.45) is 4.85. The van der Waals surface area contributed by atoms with E-state index >= 15 is 0 Å². The van der Waals surface area contributed by atoms with Crippen molar-refractivity contribution in [3.63, 3.8) is 0 Å². The Balaban J connectivity index is 1.48. The Morgan fingerprint density at radius 1 is 1.10 bits per heavy atom. The number of ether oxygens (including phenoxy) is 1. The van der Waals surface area contributed by atoms with Gasteiger partial charge in [-0.2, -0.15) is 0 Å². The molecule has 0 radical (unpaired) electrons. The van der Waals surface area contributed by atoms with Crippen molar-refractivity contribution in [2.45, 2.75) is 12.8 Å². The minimum Gasteiger partial charge on any atom is -0.482 e. The maximum absolute atomic E-state index is 12.5. The van der Waals surface area contributed by atoms with Crippen LogP contribution in [0.2, 0.25) is 0 Å². The Kier molecular flexibility index (Phi) is 5.52. The fraction of sp³-hybridized carbons (Fsp3) is 0.174. The van der Waals surface area contributed by atoms with Crippen molar-refractivity contribution < 1.29 is 14.3 Å². The van der Waals surface area contributed by atoms with Crippen LogP contribution < -0.4 is 15.0 Å². The predicted octanol–water partition coefficient (Wildman–Crippen LogP) is 3.69. The standard InChI is InChI=1S/C23H21N3O3/c27-22-16-29-21-11-10-19(25-23(28)18-9-4-12-24-15-18)14-20(21)26(22)13-5-8-17-6-2-1-3-7-17/h1-4,6-7,9-12,14-15H,5,8,13,16H2,(H,25,28). The number of anilines is 2. The summed E-state index contributed by atoms with van der Waals surface area (Å²) in [5.41, 5.74) is 2.99. The summed E-state index contributed by atoms with van der Waals surface area (Å²) in [5.74, 6) is 0.307. The van der Waals surface area contributed by atoms with E-state index in [1.807, 2.05) is 18.2 Å². The average molecular weight is 387 g/mol. The molecule has 146 valence electrons. The van der Waals surface area contributed by atoms with E-state index < -0.39 is 0 Å². The van der Waals surface area contributed by atoms with Gasteiger partial charge in [-0.15, -0.1) is 0 Å². The maximum Gasteiger partial charge on any atom is 0.265 e. The molecule has 2 aromatic carbocycles. The van der Waals surface area contributed by atoms with E-state index in [4.69, 9.17) is 4.74 Å². The molecular weight excluding hydrogens is 366 g/mol. The molecule has 4 rings (SSSR count). The van der Waals surface area contributed by atoms with Gasteiger partial charge in [0.25, 0.3) is 11.8 Å². The molecule has 1 N–H and O–H groups in total. The first-order chi connectivity index (χ1) is 14.2. The molecule has 1 aliphatic rings. The molecule has 6 heteroatoms. The molecule has 0 saturated carbocycles. The van der Waals surface area contributed by atoms with Crippen LogP contribution in [0.15, 0.2) is 73.1 Å². The average Bonchev–Trinajstić information content (AvgIpc) is 2.76. The lowest BCUT2D eigenvalue weighted by atomic mass is 10.1. The van der Waals surface area contributed by atoms with Crippen LogP contribution in [0, 0.1) is 0 Å². The van der Waals surface area contributed by atoms with E-state index in [1.165, 1.54) is 11.8 Å². The lowest BCUT2D eigenvalue weighted by Gasteiger charge is -2.30. The number of aromatic nitrogens is 1. The fourth-order valence-corrected chi connectivity index (χ4v) is 3.31. The van der Waals surface area contributed by atoms with Crippen molar-refractivity contribution in [1.29, 1.82) is 0 Å². The second kappa shape index (κ2) is 8.56. The second-order valence-corrected chi connectivity index (χ2v) is 6.80. The van der Waals surface area contributed by atoms with E-state index in [1.54, 1.807) is 41.4 Å². The summed E-state index contributed by atoms with van der Waals surface area (Å²) in [4.78, 5) is 30.6. The third kappa shape index (κ3) is 4.43. The van der Waals surface area contributed by atoms with Crippen LogP contribution >= 0.6 is 0 Å². The van der Waals surface area contributed by atoms with Crippen LogP contribution in [0.1, 0.15) is 22.3 Å². The number of pyridine rings is 1. The Hall–Kier alpha value is -3.67. The van der Waals surface area contributed by atoms with Crippen LogP contribution in [0.25, 0.3) is 0 Å². The first kappa shape index (κ1) is 18.7. The van der Waals surface area contributed by atoms with Crippen molar-refractivity contribution in [3.05, 3.63) is 84.2 Å². The first-order valence-electron chi connectivity index (χ1n) is 9.53. The monoisotopic (exact) mass is 387 g/mol. The van der Waals surface area contributed by atoms with Crippen LogP contribution in [0.5, 0.6) is 5.75 Å². The quantitative estimate of drug-likeness (QED) is 0.700. The normalized spacial score (nSPS) is 12.8. The highest BCUT2D eigenvalue weighted by atomic mass is 16.5. The minimum atomic E-state index is -0.253. The minimum absolute atomic E-state index is 0.0275. The second-order valence-electron chi connectivity index (χ2n) is 6.80. The molecule has 29 heavy (non-hydrogen) atoms. The number of hydrogen-bond acceptors (Lipinski definition) is 4. The van der Waals surface area contributed by atoms with Crippen LogP contribution in [0.3, 0.4) is 0 Å². The van der Waals surface area contributed by atoms with E-state index in [0.717, 1.165) is 12.8 Å². The van der Waals surface area contributed by atoms with Gasteiger partial charge < -0.3 is 15.0 Å². The maximum atomic E-state index is 12.5. The Labute approximate surface area is 169 Å². The Morgan fingerprint density at radius 2 is 1.97 bits per heavy atom. The number of benzene rings is 2. The van der Waals surface area contributed by atoms with Gasteiger partial charge in [-0.25, -0.2) is 0 Å². The molecule has 0 atom stereocenters. The predicted molar refractivity (Wildman–Crippen MR) is 111 cm³/mol. The number of aryl methyl sites for hydroxylation is 1. The van der Waals surface area contributed by atoms with Crippen molar-refractivity contribution in [2.24, 2.45) is 0 Å². The fourth-order valence-electron chi connectivity index (χ4n) is 3.31. The molecule has 1 aromatic heterocycles. The van der Waals surface area contributed by atoms with Gasteiger partial charge in [-0.3, -0.25) is 14.6 Å². The zero-order valence-corrected chi connectivity index (χ0v) is 15.9. The molecular formula is C23H21N3O3. The topological polar surface area (TPSA) is 71.5 Å². The summed E-state index contributed by atoms with van der Waals surface area (Å²) >= 11 is 0. The van der Waals surface area contributed by atoms with Gasteiger partial charge in [-0.05, 0) is 48.7 Å². The highest BCUT2D eigenvalue weighted by molar-refractivity contribution is 6.05. The van der Waals surface area contributed by atoms with E-state index in [2.05, 4.69) is 22.4 Å². The SMILES string of the molecule is O=C(Nc1ccc2c(c1)N(CCCc1ccccc1)C(=O)CO2)c1cccnc1. The molecule has 0 spiro atoms. The summed E-state index contributed by atoms with van der Waals surface area (Å²) in [6.45, 7) is 0.615. The van der Waals surface area contributed by atoms with Crippen LogP contribution in [-0.4, -0.2) is 29.9 Å². The van der Waals surface area contributed by atoms with Crippen molar-refractivity contribution in [1.82, 2.24) is 4.98 Å². The van der Waals surface area contributed by atoms with Crippen LogP contribution in [-0.2, 0) is 11.2 Å². The molecule has 3 aromatic rings. The molecule has 0 bridgehead atoms. The van der Waals surface area contributed by atoms with Crippen molar-refractivity contribution in [2.75, 3.05) is 23.4 Å². The molecule has 0 fully saturated rings. The Morgan fingerprint density at radius 3 is 2.76 bits per heavy atom. The lowest BCUT2D eigenvalue weighted by Crippen LogP contribution is -2.39. The van der Waals surface area contributed by atoms with E-state index in [-0.39, 0.29) is 18.4 Å². The number of carbonyl (C=O) groups excluding carboxylic acids is 2. The number of hydrogen-bond donors (Lipinski definition) is 1. The highest BCUT2D eigenvalue weighted by Crippen LogP contribution is 2.35. The smallest absolute Gasteiger partial charge is 0.265 e. The number of carbonyl (C=O) groups is 2. The van der Waals surface area contributed by atoms with Gasteiger partial charge in [-0.1, -0.05) is 30.3 Å². The van der Waals surface area contributed by atoms with Gasteiger partial charge in [0.2, 0.25) is 0 Å². The number of rotatable bonds is 6. The molecule has 2 amide bonds. The zero-order valence-electron chi connectivity index (χ0n) is 15.9. The number of nitrogens with one attached hydrogen (secondary N) is 1. The summed E-state index contributed by atoms with van der Waals surface area (Å²) in [5, 5.41) is 2.85. The molecule has 0 unspecified atom stereocenters. The highest BCUT2D eigenvalue weighted by Gasteiger charge is 2.25. The molecule has 1 aliphatic heterocycles. The van der Waals surface area contributed by atoms with Gasteiger partial charge in [0, 0.05) is 24.6 Å². The largest absolute Gasteiger partial charge is 0.482 e. The van der Waals surface area contributed by atoms with E-state index in [0.29, 0.717) is 29.2 Å². The summed E-state index contributed by atoms with van der Waals surface area (Å²) in [7, 11) is 0.